The number of hydrogen-bond donors (Lipinski definition) is 2. The van der Waals surface area contributed by atoms with E-state index in [1.165, 1.54) is 18.9 Å². The second kappa shape index (κ2) is 9.45. The van der Waals surface area contributed by atoms with E-state index in [0.29, 0.717) is 11.6 Å². The molecule has 0 radical (unpaired) electrons. The summed E-state index contributed by atoms with van der Waals surface area (Å²) in [7, 11) is 0. The van der Waals surface area contributed by atoms with Crippen LogP contribution in [0.25, 0.3) is 6.08 Å². The highest BCUT2D eigenvalue weighted by Gasteiger charge is 1.98. The molecule has 0 aliphatic heterocycles. The van der Waals surface area contributed by atoms with Gasteiger partial charge in [-0.3, -0.25) is 9.78 Å². The number of allylic oxidation sites excluding steroid dienone is 1. The second-order valence-electron chi connectivity index (χ2n) is 5.69. The molecule has 0 bridgehead atoms. The monoisotopic (exact) mass is 324 g/mol. The zero-order chi connectivity index (χ0) is 17.2. The zero-order valence-corrected chi connectivity index (χ0v) is 14.2. The third-order valence-corrected chi connectivity index (χ3v) is 3.49. The van der Waals surface area contributed by atoms with Gasteiger partial charge in [0.05, 0.1) is 6.21 Å². The minimum Gasteiger partial charge on any atom is -0.291 e. The Labute approximate surface area is 142 Å². The lowest BCUT2D eigenvalue weighted by molar-refractivity contribution is 0.724. The molecule has 126 valence electrons. The van der Waals surface area contributed by atoms with E-state index in [9.17, 15) is 4.79 Å². The molecule has 0 atom stereocenters. The summed E-state index contributed by atoms with van der Waals surface area (Å²) in [5.74, 6) is 0.351. The highest BCUT2D eigenvalue weighted by atomic mass is 16.1. The molecular formula is C19H24N4O. The van der Waals surface area contributed by atoms with Gasteiger partial charge in [0.1, 0.15) is 0 Å². The van der Waals surface area contributed by atoms with Crippen LogP contribution in [0.4, 0.5) is 5.95 Å². The maximum absolute atomic E-state index is 11.4. The molecule has 1 aromatic heterocycles. The van der Waals surface area contributed by atoms with Gasteiger partial charge in [0.15, 0.2) is 0 Å². The van der Waals surface area contributed by atoms with E-state index in [4.69, 9.17) is 0 Å². The maximum Gasteiger partial charge on any atom is 0.252 e. The molecule has 0 saturated carbocycles. The summed E-state index contributed by atoms with van der Waals surface area (Å²) in [5, 5.41) is 4.22. The summed E-state index contributed by atoms with van der Waals surface area (Å²) < 4.78 is 0. The van der Waals surface area contributed by atoms with Crippen LogP contribution in [0.15, 0.2) is 51.9 Å². The van der Waals surface area contributed by atoms with Crippen LogP contribution in [0.1, 0.15) is 43.9 Å². The standard InChI is InChI=1S/C19H24N4O/c1-3-4-6-11-17(13-16-9-7-5-8-10-16)14-20-23-19-21-15(2)12-18(24)22-19/h5,7-10,12-14H,3-4,6,11H2,1-2H3,(H2,21,22,23,24)/b17-13-,20-14+. The lowest BCUT2D eigenvalue weighted by Crippen LogP contribution is -2.10. The summed E-state index contributed by atoms with van der Waals surface area (Å²) in [5.41, 5.74) is 5.54. The van der Waals surface area contributed by atoms with Gasteiger partial charge in [0.2, 0.25) is 5.95 Å². The van der Waals surface area contributed by atoms with Gasteiger partial charge >= 0.3 is 0 Å². The van der Waals surface area contributed by atoms with E-state index in [1.54, 1.807) is 13.1 Å². The minimum absolute atomic E-state index is 0.191. The van der Waals surface area contributed by atoms with Crippen molar-refractivity contribution in [1.29, 1.82) is 0 Å². The Morgan fingerprint density at radius 2 is 2.08 bits per heavy atom. The molecule has 1 heterocycles. The highest BCUT2D eigenvalue weighted by molar-refractivity contribution is 5.85. The molecule has 1 aromatic carbocycles. The summed E-state index contributed by atoms with van der Waals surface area (Å²) in [6.07, 6.45) is 8.40. The number of aromatic nitrogens is 2. The molecule has 2 rings (SSSR count). The van der Waals surface area contributed by atoms with Gasteiger partial charge in [-0.1, -0.05) is 56.2 Å². The molecule has 2 aromatic rings. The summed E-state index contributed by atoms with van der Waals surface area (Å²) in [4.78, 5) is 18.2. The van der Waals surface area contributed by atoms with Crippen LogP contribution in [0.3, 0.4) is 0 Å². The predicted octanol–water partition coefficient (Wildman–Crippen LogP) is 4.14. The molecule has 24 heavy (non-hydrogen) atoms. The molecule has 0 amide bonds. The first-order valence-corrected chi connectivity index (χ1v) is 8.30. The number of nitrogens with one attached hydrogen (secondary N) is 2. The number of aryl methyl sites for hydroxylation is 1. The van der Waals surface area contributed by atoms with Gasteiger partial charge in [0, 0.05) is 11.8 Å². The van der Waals surface area contributed by atoms with Crippen LogP contribution in [-0.2, 0) is 0 Å². The molecule has 0 fully saturated rings. The fraction of sp³-hybridized carbons (Fsp3) is 0.316. The van der Waals surface area contributed by atoms with Crippen molar-refractivity contribution in [1.82, 2.24) is 9.97 Å². The average molecular weight is 324 g/mol. The van der Waals surface area contributed by atoms with Gasteiger partial charge in [-0.25, -0.2) is 10.4 Å². The Balaban J connectivity index is 2.09. The van der Waals surface area contributed by atoms with Gasteiger partial charge in [-0.2, -0.15) is 5.10 Å². The van der Waals surface area contributed by atoms with Crippen molar-refractivity contribution >= 4 is 18.2 Å². The van der Waals surface area contributed by atoms with E-state index in [-0.39, 0.29) is 5.56 Å². The van der Waals surface area contributed by atoms with E-state index in [1.807, 2.05) is 18.2 Å². The van der Waals surface area contributed by atoms with Crippen molar-refractivity contribution in [2.45, 2.75) is 39.5 Å². The van der Waals surface area contributed by atoms with Crippen molar-refractivity contribution in [2.75, 3.05) is 5.43 Å². The summed E-state index contributed by atoms with van der Waals surface area (Å²) >= 11 is 0. The number of H-pyrrole nitrogens is 1. The van der Waals surface area contributed by atoms with Crippen molar-refractivity contribution in [2.24, 2.45) is 5.10 Å². The predicted molar refractivity (Wildman–Crippen MR) is 100 cm³/mol. The number of rotatable bonds is 8. The molecule has 2 N–H and O–H groups in total. The van der Waals surface area contributed by atoms with Crippen LogP contribution in [0.2, 0.25) is 0 Å². The molecular weight excluding hydrogens is 300 g/mol. The van der Waals surface area contributed by atoms with Gasteiger partial charge < -0.3 is 0 Å². The largest absolute Gasteiger partial charge is 0.291 e. The maximum atomic E-state index is 11.4. The molecule has 0 saturated heterocycles. The SMILES string of the molecule is CCCCCC(=C/c1ccccc1)/C=N/Nc1nc(C)cc(=O)[nH]1. The number of hydrogen-bond acceptors (Lipinski definition) is 4. The van der Waals surface area contributed by atoms with E-state index in [0.717, 1.165) is 24.0 Å². The van der Waals surface area contributed by atoms with Crippen molar-refractivity contribution in [3.63, 3.8) is 0 Å². The lowest BCUT2D eigenvalue weighted by Gasteiger charge is -2.03. The Morgan fingerprint density at radius 1 is 1.29 bits per heavy atom. The number of anilines is 1. The first-order chi connectivity index (χ1) is 11.7. The summed E-state index contributed by atoms with van der Waals surface area (Å²) in [6.45, 7) is 3.96. The topological polar surface area (TPSA) is 70.1 Å². The van der Waals surface area contributed by atoms with E-state index >= 15 is 0 Å². The van der Waals surface area contributed by atoms with Crippen molar-refractivity contribution in [3.05, 3.63) is 63.6 Å². The lowest BCUT2D eigenvalue weighted by atomic mass is 10.1. The number of hydrazone groups is 1. The zero-order valence-electron chi connectivity index (χ0n) is 14.2. The number of nitrogens with zero attached hydrogens (tertiary/aromatic N) is 2. The van der Waals surface area contributed by atoms with Gasteiger partial charge in [-0.05, 0) is 30.9 Å². The molecule has 0 spiro atoms. The Kier molecular flexibility index (Phi) is 6.95. The molecule has 0 unspecified atom stereocenters. The van der Waals surface area contributed by atoms with Crippen molar-refractivity contribution in [3.8, 4) is 0 Å². The fourth-order valence-corrected chi connectivity index (χ4v) is 2.32. The van der Waals surface area contributed by atoms with E-state index in [2.05, 4.69) is 45.6 Å². The number of aromatic amines is 1. The molecule has 0 aliphatic rings. The first-order valence-electron chi connectivity index (χ1n) is 8.30. The quantitative estimate of drug-likeness (QED) is 0.435. The summed E-state index contributed by atoms with van der Waals surface area (Å²) in [6, 6.07) is 11.6. The van der Waals surface area contributed by atoms with Crippen LogP contribution < -0.4 is 11.0 Å². The van der Waals surface area contributed by atoms with Crippen molar-refractivity contribution < 1.29 is 0 Å². The number of unbranched alkanes of at least 4 members (excludes halogenated alkanes) is 2. The molecule has 0 aliphatic carbocycles. The van der Waals surface area contributed by atoms with Crippen LogP contribution in [-0.4, -0.2) is 16.2 Å². The van der Waals surface area contributed by atoms with E-state index < -0.39 is 0 Å². The Hall–Kier alpha value is -2.69. The van der Waals surface area contributed by atoms with Crippen LogP contribution in [0, 0.1) is 6.92 Å². The third-order valence-electron chi connectivity index (χ3n) is 3.49. The smallest absolute Gasteiger partial charge is 0.252 e. The highest BCUT2D eigenvalue weighted by Crippen LogP contribution is 2.12. The number of benzene rings is 1. The molecule has 5 nitrogen and oxygen atoms in total. The second-order valence-corrected chi connectivity index (χ2v) is 5.69. The third kappa shape index (κ3) is 6.20. The first kappa shape index (κ1) is 17.7. The normalized spacial score (nSPS) is 11.8. The Morgan fingerprint density at radius 3 is 2.79 bits per heavy atom. The van der Waals surface area contributed by atoms with Gasteiger partial charge in [0.25, 0.3) is 5.56 Å². The fourth-order valence-electron chi connectivity index (χ4n) is 2.32. The Bertz CT molecular complexity index is 747. The average Bonchev–Trinajstić information content (AvgIpc) is 2.55. The van der Waals surface area contributed by atoms with Gasteiger partial charge in [-0.15, -0.1) is 0 Å². The molecule has 5 heteroatoms. The minimum atomic E-state index is -0.191. The van der Waals surface area contributed by atoms with Crippen LogP contribution in [0.5, 0.6) is 0 Å². The van der Waals surface area contributed by atoms with Crippen LogP contribution >= 0.6 is 0 Å².